The van der Waals surface area contributed by atoms with Crippen LogP contribution in [0.2, 0.25) is 5.02 Å². The van der Waals surface area contributed by atoms with Crippen molar-refractivity contribution in [1.29, 1.82) is 0 Å². The molecule has 0 amide bonds. The maximum Gasteiger partial charge on any atom is 0.127 e. The lowest BCUT2D eigenvalue weighted by Gasteiger charge is -2.52. The molecule has 0 aliphatic heterocycles. The van der Waals surface area contributed by atoms with E-state index in [1.807, 2.05) is 30.3 Å². The van der Waals surface area contributed by atoms with Crippen molar-refractivity contribution >= 4 is 22.4 Å². The fourth-order valence-electron chi connectivity index (χ4n) is 4.16. The third-order valence-electron chi connectivity index (χ3n) is 5.48. The summed E-state index contributed by atoms with van der Waals surface area (Å²) < 4.78 is 6.39. The van der Waals surface area contributed by atoms with Gasteiger partial charge in [0.25, 0.3) is 0 Å². The third-order valence-corrected chi connectivity index (χ3v) is 5.81. The third kappa shape index (κ3) is 1.96. The highest BCUT2D eigenvalue weighted by Crippen LogP contribution is 2.54. The van der Waals surface area contributed by atoms with Crippen molar-refractivity contribution in [3.63, 3.8) is 0 Å². The molecule has 2 fully saturated rings. The van der Waals surface area contributed by atoms with Crippen LogP contribution in [0.1, 0.15) is 32.1 Å². The molecule has 2 aromatic carbocycles. The predicted octanol–water partition coefficient (Wildman–Crippen LogP) is 4.53. The molecule has 2 aliphatic rings. The molecule has 0 bridgehead atoms. The molecule has 2 aromatic rings. The minimum absolute atomic E-state index is 0.223. The number of ether oxygens (including phenoxy) is 1. The van der Waals surface area contributed by atoms with Crippen LogP contribution in [-0.4, -0.2) is 12.1 Å². The Morgan fingerprint density at radius 2 is 1.76 bits per heavy atom. The second-order valence-electron chi connectivity index (χ2n) is 6.48. The Morgan fingerprint density at radius 1 is 1.05 bits per heavy atom. The van der Waals surface area contributed by atoms with Gasteiger partial charge in [-0.1, -0.05) is 48.7 Å². The molecule has 2 unspecified atom stereocenters. The molecule has 2 aliphatic carbocycles. The molecule has 21 heavy (non-hydrogen) atoms. The van der Waals surface area contributed by atoms with E-state index >= 15 is 0 Å². The van der Waals surface area contributed by atoms with Gasteiger partial charge in [0.15, 0.2) is 0 Å². The van der Waals surface area contributed by atoms with Gasteiger partial charge in [0, 0.05) is 33.7 Å². The molecular weight excluding hydrogens is 282 g/mol. The van der Waals surface area contributed by atoms with Gasteiger partial charge in [0.1, 0.15) is 11.9 Å². The first-order chi connectivity index (χ1) is 10.2. The van der Waals surface area contributed by atoms with Crippen LogP contribution in [-0.2, 0) is 0 Å². The van der Waals surface area contributed by atoms with Crippen molar-refractivity contribution in [3.05, 3.63) is 41.4 Å². The van der Waals surface area contributed by atoms with Gasteiger partial charge in [0.05, 0.1) is 0 Å². The van der Waals surface area contributed by atoms with Crippen LogP contribution in [0, 0.1) is 5.41 Å². The van der Waals surface area contributed by atoms with Crippen LogP contribution < -0.4 is 10.5 Å². The summed E-state index contributed by atoms with van der Waals surface area (Å²) in [5, 5.41) is 2.93. The standard InChI is InChI=1S/C18H20ClNO/c19-14-7-8-15(13-6-2-1-5-12(13)14)21-17-11-16(20)18(17)9-3-4-10-18/h1-2,5-8,16-17H,3-4,9-11,20H2. The molecule has 4 rings (SSSR count). The average Bonchev–Trinajstić information content (AvgIpc) is 3.02. The Bertz CT molecular complexity index is 678. The quantitative estimate of drug-likeness (QED) is 0.884. The van der Waals surface area contributed by atoms with E-state index in [1.54, 1.807) is 0 Å². The van der Waals surface area contributed by atoms with E-state index < -0.39 is 0 Å². The maximum absolute atomic E-state index is 6.39. The van der Waals surface area contributed by atoms with Crippen molar-refractivity contribution < 1.29 is 4.74 Å². The SMILES string of the molecule is NC1CC(Oc2ccc(Cl)c3ccccc23)C12CCCC2. The number of hydrogen-bond donors (Lipinski definition) is 1. The Morgan fingerprint density at radius 3 is 2.48 bits per heavy atom. The lowest BCUT2D eigenvalue weighted by atomic mass is 9.61. The largest absolute Gasteiger partial charge is 0.489 e. The van der Waals surface area contributed by atoms with Gasteiger partial charge in [-0.3, -0.25) is 0 Å². The molecule has 110 valence electrons. The van der Waals surface area contributed by atoms with Crippen molar-refractivity contribution in [2.45, 2.75) is 44.2 Å². The van der Waals surface area contributed by atoms with E-state index in [-0.39, 0.29) is 11.5 Å². The summed E-state index contributed by atoms with van der Waals surface area (Å²) in [5.41, 5.74) is 6.52. The zero-order chi connectivity index (χ0) is 14.4. The monoisotopic (exact) mass is 301 g/mol. The summed E-state index contributed by atoms with van der Waals surface area (Å²) in [6.07, 6.45) is 6.23. The molecule has 0 saturated heterocycles. The van der Waals surface area contributed by atoms with E-state index in [1.165, 1.54) is 25.7 Å². The van der Waals surface area contributed by atoms with E-state index in [4.69, 9.17) is 22.1 Å². The Kier molecular flexibility index (Phi) is 3.13. The first kappa shape index (κ1) is 13.4. The number of fused-ring (bicyclic) bond motifs is 1. The van der Waals surface area contributed by atoms with Crippen LogP contribution in [0.5, 0.6) is 5.75 Å². The van der Waals surface area contributed by atoms with Gasteiger partial charge >= 0.3 is 0 Å². The molecule has 0 radical (unpaired) electrons. The maximum atomic E-state index is 6.39. The van der Waals surface area contributed by atoms with Crippen LogP contribution >= 0.6 is 11.6 Å². The lowest BCUT2D eigenvalue weighted by molar-refractivity contribution is -0.0612. The normalized spacial score (nSPS) is 27.0. The Hall–Kier alpha value is -1.25. The minimum Gasteiger partial charge on any atom is -0.489 e. The number of halogens is 1. The van der Waals surface area contributed by atoms with Crippen LogP contribution in [0.3, 0.4) is 0 Å². The van der Waals surface area contributed by atoms with Gasteiger partial charge in [0.2, 0.25) is 0 Å². The van der Waals surface area contributed by atoms with Gasteiger partial charge in [-0.15, -0.1) is 0 Å². The smallest absolute Gasteiger partial charge is 0.127 e. The first-order valence-corrected chi connectivity index (χ1v) is 8.18. The van der Waals surface area contributed by atoms with Gasteiger partial charge in [-0.25, -0.2) is 0 Å². The zero-order valence-corrected chi connectivity index (χ0v) is 12.8. The van der Waals surface area contributed by atoms with Crippen molar-refractivity contribution in [1.82, 2.24) is 0 Å². The van der Waals surface area contributed by atoms with Crippen LogP contribution in [0.15, 0.2) is 36.4 Å². The molecule has 1 spiro atoms. The Labute approximate surface area is 130 Å². The van der Waals surface area contributed by atoms with Crippen molar-refractivity contribution in [3.8, 4) is 5.75 Å². The second kappa shape index (κ2) is 4.89. The highest BCUT2D eigenvalue weighted by atomic mass is 35.5. The molecule has 2 atom stereocenters. The Balaban J connectivity index is 1.68. The first-order valence-electron chi connectivity index (χ1n) is 7.80. The number of rotatable bonds is 2. The number of benzene rings is 2. The second-order valence-corrected chi connectivity index (χ2v) is 6.89. The zero-order valence-electron chi connectivity index (χ0n) is 12.0. The highest BCUT2D eigenvalue weighted by Gasteiger charge is 2.56. The van der Waals surface area contributed by atoms with E-state index in [0.717, 1.165) is 28.0 Å². The fourth-order valence-corrected chi connectivity index (χ4v) is 4.39. The fraction of sp³-hybridized carbons (Fsp3) is 0.444. The summed E-state index contributed by atoms with van der Waals surface area (Å²) in [6, 6.07) is 12.4. The number of nitrogens with two attached hydrogens (primary N) is 1. The van der Waals surface area contributed by atoms with E-state index in [2.05, 4.69) is 6.07 Å². The molecular formula is C18H20ClNO. The number of hydrogen-bond acceptors (Lipinski definition) is 2. The highest BCUT2D eigenvalue weighted by molar-refractivity contribution is 6.35. The molecule has 0 aromatic heterocycles. The predicted molar refractivity (Wildman–Crippen MR) is 86.9 cm³/mol. The van der Waals surface area contributed by atoms with Gasteiger partial charge in [-0.2, -0.15) is 0 Å². The van der Waals surface area contributed by atoms with E-state index in [0.29, 0.717) is 6.04 Å². The lowest BCUT2D eigenvalue weighted by Crippen LogP contribution is -2.62. The summed E-state index contributed by atoms with van der Waals surface area (Å²) in [6.45, 7) is 0. The molecule has 2 saturated carbocycles. The minimum atomic E-state index is 0.223. The molecule has 2 N–H and O–H groups in total. The van der Waals surface area contributed by atoms with Crippen LogP contribution in [0.4, 0.5) is 0 Å². The summed E-state index contributed by atoms with van der Waals surface area (Å²) in [5.74, 6) is 0.943. The topological polar surface area (TPSA) is 35.2 Å². The van der Waals surface area contributed by atoms with Gasteiger partial charge < -0.3 is 10.5 Å². The summed E-state index contributed by atoms with van der Waals surface area (Å²) >= 11 is 6.28. The van der Waals surface area contributed by atoms with Crippen LogP contribution in [0.25, 0.3) is 10.8 Å². The van der Waals surface area contributed by atoms with E-state index in [9.17, 15) is 0 Å². The molecule has 2 nitrogen and oxygen atoms in total. The van der Waals surface area contributed by atoms with Crippen molar-refractivity contribution in [2.75, 3.05) is 0 Å². The molecule has 3 heteroatoms. The summed E-state index contributed by atoms with van der Waals surface area (Å²) in [4.78, 5) is 0. The summed E-state index contributed by atoms with van der Waals surface area (Å²) in [7, 11) is 0. The van der Waals surface area contributed by atoms with Gasteiger partial charge in [-0.05, 0) is 25.0 Å². The molecule has 0 heterocycles. The average molecular weight is 302 g/mol. The van der Waals surface area contributed by atoms with Crippen molar-refractivity contribution in [2.24, 2.45) is 11.1 Å².